The molecule has 1 aromatic carbocycles. The fourth-order valence-corrected chi connectivity index (χ4v) is 3.45. The maximum absolute atomic E-state index is 12.6. The normalized spacial score (nSPS) is 24.0. The fourth-order valence-electron chi connectivity index (χ4n) is 3.45. The minimum atomic E-state index is -0.227. The summed E-state index contributed by atoms with van der Waals surface area (Å²) in [5.74, 6) is 0.00723. The van der Waals surface area contributed by atoms with Gasteiger partial charge in [0, 0.05) is 26.6 Å². The van der Waals surface area contributed by atoms with Gasteiger partial charge in [-0.1, -0.05) is 31.2 Å². The first-order valence-corrected chi connectivity index (χ1v) is 8.78. The molecule has 2 aliphatic rings. The van der Waals surface area contributed by atoms with Crippen LogP contribution in [0.4, 0.5) is 0 Å². The third kappa shape index (κ3) is 3.61. The van der Waals surface area contributed by atoms with Crippen molar-refractivity contribution in [2.24, 2.45) is 5.92 Å². The SMILES string of the molecule is CCc1ccc(CCC(=O)N2C[C@@H]3COC[C@H](C2)N(C)C3=O)cc1. The summed E-state index contributed by atoms with van der Waals surface area (Å²) in [6.45, 7) is 4.12. The average molecular weight is 330 g/mol. The summed E-state index contributed by atoms with van der Waals surface area (Å²) >= 11 is 0. The molecule has 2 amide bonds. The van der Waals surface area contributed by atoms with Crippen molar-refractivity contribution >= 4 is 11.8 Å². The van der Waals surface area contributed by atoms with Crippen LogP contribution in [0.1, 0.15) is 24.5 Å². The Hall–Kier alpha value is -1.88. The van der Waals surface area contributed by atoms with E-state index in [1.807, 2.05) is 11.9 Å². The Labute approximate surface area is 143 Å². The molecular formula is C19H26N2O3. The molecular weight excluding hydrogens is 304 g/mol. The van der Waals surface area contributed by atoms with Crippen molar-refractivity contribution in [1.82, 2.24) is 9.80 Å². The molecule has 2 saturated heterocycles. The predicted molar refractivity (Wildman–Crippen MR) is 91.6 cm³/mol. The number of carbonyl (C=O) groups excluding carboxylic acids is 2. The van der Waals surface area contributed by atoms with Gasteiger partial charge < -0.3 is 14.5 Å². The third-order valence-electron chi connectivity index (χ3n) is 5.16. The highest BCUT2D eigenvalue weighted by atomic mass is 16.5. The van der Waals surface area contributed by atoms with Crippen LogP contribution in [0.25, 0.3) is 0 Å². The zero-order chi connectivity index (χ0) is 17.1. The Morgan fingerprint density at radius 2 is 1.88 bits per heavy atom. The van der Waals surface area contributed by atoms with Crippen molar-refractivity contribution in [1.29, 1.82) is 0 Å². The summed E-state index contributed by atoms with van der Waals surface area (Å²) in [4.78, 5) is 28.6. The van der Waals surface area contributed by atoms with Crippen molar-refractivity contribution in [3.05, 3.63) is 35.4 Å². The smallest absolute Gasteiger partial charge is 0.229 e. The number of ether oxygens (including phenoxy) is 1. The molecule has 2 heterocycles. The quantitative estimate of drug-likeness (QED) is 0.841. The molecule has 1 aromatic rings. The predicted octanol–water partition coefficient (Wildman–Crippen LogP) is 1.50. The van der Waals surface area contributed by atoms with Crippen LogP contribution in [0, 0.1) is 5.92 Å². The van der Waals surface area contributed by atoms with Crippen LogP contribution in [0.5, 0.6) is 0 Å². The molecule has 0 spiro atoms. The second-order valence-electron chi connectivity index (χ2n) is 6.81. The van der Waals surface area contributed by atoms with Gasteiger partial charge >= 0.3 is 0 Å². The molecule has 0 unspecified atom stereocenters. The number of fused-ring (bicyclic) bond motifs is 3. The van der Waals surface area contributed by atoms with Crippen molar-refractivity contribution in [2.75, 3.05) is 33.4 Å². The Morgan fingerprint density at radius 3 is 2.58 bits per heavy atom. The average Bonchev–Trinajstić information content (AvgIpc) is 2.78. The molecule has 5 heteroatoms. The van der Waals surface area contributed by atoms with Crippen molar-refractivity contribution in [3.63, 3.8) is 0 Å². The number of amides is 2. The lowest BCUT2D eigenvalue weighted by molar-refractivity contribution is -0.134. The number of carbonyl (C=O) groups is 2. The zero-order valence-corrected chi connectivity index (χ0v) is 14.5. The summed E-state index contributed by atoms with van der Waals surface area (Å²) in [5, 5.41) is 0. The van der Waals surface area contributed by atoms with E-state index in [-0.39, 0.29) is 23.8 Å². The second kappa shape index (κ2) is 7.34. The highest BCUT2D eigenvalue weighted by molar-refractivity contribution is 5.82. The van der Waals surface area contributed by atoms with Gasteiger partial charge in [-0.3, -0.25) is 9.59 Å². The first-order valence-electron chi connectivity index (χ1n) is 8.78. The second-order valence-corrected chi connectivity index (χ2v) is 6.81. The molecule has 2 bridgehead atoms. The highest BCUT2D eigenvalue weighted by Gasteiger charge is 2.38. The Kier molecular flexibility index (Phi) is 5.19. The van der Waals surface area contributed by atoms with E-state index in [0.29, 0.717) is 32.7 Å². The maximum Gasteiger partial charge on any atom is 0.229 e. The largest absolute Gasteiger partial charge is 0.378 e. The molecule has 2 aliphatic heterocycles. The lowest BCUT2D eigenvalue weighted by atomic mass is 10.1. The van der Waals surface area contributed by atoms with E-state index in [1.165, 1.54) is 11.1 Å². The van der Waals surface area contributed by atoms with Gasteiger partial charge in [0.2, 0.25) is 11.8 Å². The molecule has 0 saturated carbocycles. The van der Waals surface area contributed by atoms with Crippen molar-refractivity contribution < 1.29 is 14.3 Å². The molecule has 24 heavy (non-hydrogen) atoms. The maximum atomic E-state index is 12.6. The summed E-state index contributed by atoms with van der Waals surface area (Å²) in [6, 6.07) is 8.43. The number of benzene rings is 1. The Balaban J connectivity index is 1.61. The monoisotopic (exact) mass is 330 g/mol. The summed E-state index contributed by atoms with van der Waals surface area (Å²) in [5.41, 5.74) is 2.50. The molecule has 0 aromatic heterocycles. The van der Waals surface area contributed by atoms with Crippen molar-refractivity contribution in [3.8, 4) is 0 Å². The van der Waals surface area contributed by atoms with Gasteiger partial charge in [0.25, 0.3) is 0 Å². The van der Waals surface area contributed by atoms with E-state index in [9.17, 15) is 9.59 Å². The molecule has 0 radical (unpaired) electrons. The van der Waals surface area contributed by atoms with E-state index in [0.717, 1.165) is 12.8 Å². The van der Waals surface area contributed by atoms with Crippen LogP contribution < -0.4 is 0 Å². The molecule has 0 aliphatic carbocycles. The fraction of sp³-hybridized carbons (Fsp3) is 0.579. The third-order valence-corrected chi connectivity index (χ3v) is 5.16. The van der Waals surface area contributed by atoms with Crippen LogP contribution in [-0.2, 0) is 27.2 Å². The first-order chi connectivity index (χ1) is 11.6. The topological polar surface area (TPSA) is 49.9 Å². The molecule has 5 nitrogen and oxygen atoms in total. The minimum Gasteiger partial charge on any atom is -0.378 e. The molecule has 2 atom stereocenters. The van der Waals surface area contributed by atoms with E-state index >= 15 is 0 Å². The summed E-state index contributed by atoms with van der Waals surface area (Å²) in [6.07, 6.45) is 2.26. The Morgan fingerprint density at radius 1 is 1.17 bits per heavy atom. The van der Waals surface area contributed by atoms with Gasteiger partial charge in [0.1, 0.15) is 0 Å². The summed E-state index contributed by atoms with van der Waals surface area (Å²) in [7, 11) is 1.82. The lowest BCUT2D eigenvalue weighted by Crippen LogP contribution is -2.45. The lowest BCUT2D eigenvalue weighted by Gasteiger charge is -2.29. The number of rotatable bonds is 4. The Bertz CT molecular complexity index is 599. The van der Waals surface area contributed by atoms with Crippen LogP contribution in [0.2, 0.25) is 0 Å². The zero-order valence-electron chi connectivity index (χ0n) is 14.5. The van der Waals surface area contributed by atoms with Gasteiger partial charge in [0.15, 0.2) is 0 Å². The number of hydrogen-bond acceptors (Lipinski definition) is 3. The molecule has 0 N–H and O–H groups in total. The van der Waals surface area contributed by atoms with Gasteiger partial charge in [-0.25, -0.2) is 0 Å². The van der Waals surface area contributed by atoms with Crippen molar-refractivity contribution in [2.45, 2.75) is 32.2 Å². The van der Waals surface area contributed by atoms with Gasteiger partial charge in [-0.2, -0.15) is 0 Å². The van der Waals surface area contributed by atoms with Gasteiger partial charge in [-0.05, 0) is 24.0 Å². The number of nitrogens with zero attached hydrogens (tertiary/aromatic N) is 2. The molecule has 2 fully saturated rings. The molecule has 130 valence electrons. The van der Waals surface area contributed by atoms with Crippen LogP contribution in [0.15, 0.2) is 24.3 Å². The van der Waals surface area contributed by atoms with E-state index in [2.05, 4.69) is 31.2 Å². The first kappa shape index (κ1) is 17.0. The van der Waals surface area contributed by atoms with Crippen LogP contribution >= 0.6 is 0 Å². The minimum absolute atomic E-state index is 0.0298. The molecule has 3 rings (SSSR count). The van der Waals surface area contributed by atoms with E-state index < -0.39 is 0 Å². The van der Waals surface area contributed by atoms with E-state index in [4.69, 9.17) is 4.74 Å². The van der Waals surface area contributed by atoms with Gasteiger partial charge in [0.05, 0.1) is 25.2 Å². The standard InChI is InChI=1S/C19H26N2O3/c1-3-14-4-6-15(7-5-14)8-9-18(22)21-10-16-12-24-13-17(11-21)20(2)19(16)23/h4-7,16-17H,3,8-13H2,1-2H3/t16-,17+/m1/s1. The van der Waals surface area contributed by atoms with E-state index in [1.54, 1.807) is 4.90 Å². The van der Waals surface area contributed by atoms with Crippen LogP contribution in [-0.4, -0.2) is 61.0 Å². The summed E-state index contributed by atoms with van der Waals surface area (Å²) < 4.78 is 5.58. The van der Waals surface area contributed by atoms with Crippen LogP contribution in [0.3, 0.4) is 0 Å². The highest BCUT2D eigenvalue weighted by Crippen LogP contribution is 2.20. The number of likely N-dealkylation sites (N-methyl/N-ethyl adjacent to an activating group) is 1. The number of aryl methyl sites for hydroxylation is 2. The number of hydrogen-bond donors (Lipinski definition) is 0. The van der Waals surface area contributed by atoms with Gasteiger partial charge in [-0.15, -0.1) is 0 Å².